The van der Waals surface area contributed by atoms with Crippen LogP contribution in [0.3, 0.4) is 0 Å². The number of halogens is 1. The Labute approximate surface area is 173 Å². The van der Waals surface area contributed by atoms with Crippen molar-refractivity contribution >= 4 is 29.8 Å². The van der Waals surface area contributed by atoms with E-state index >= 15 is 0 Å². The molecule has 29 heavy (non-hydrogen) atoms. The second kappa shape index (κ2) is 7.31. The monoisotopic (exact) mass is 418 g/mol. The number of amides is 1. The molecular formula is C19H23ClN6O3. The summed E-state index contributed by atoms with van der Waals surface area (Å²) in [7, 11) is 1.77. The molecule has 10 heteroatoms. The number of ether oxygens (including phenoxy) is 2. The van der Waals surface area contributed by atoms with Gasteiger partial charge >= 0.3 is 0 Å². The highest BCUT2D eigenvalue weighted by Crippen LogP contribution is 2.57. The van der Waals surface area contributed by atoms with Gasteiger partial charge in [0, 0.05) is 31.6 Å². The third-order valence-corrected chi connectivity index (χ3v) is 5.27. The van der Waals surface area contributed by atoms with Gasteiger partial charge in [-0.3, -0.25) is 13.9 Å². The number of rotatable bonds is 5. The lowest BCUT2D eigenvalue weighted by molar-refractivity contribution is 0.102. The third-order valence-electron chi connectivity index (χ3n) is 5.27. The maximum absolute atomic E-state index is 12.5. The molecule has 0 aromatic carbocycles. The highest BCUT2D eigenvalue weighted by molar-refractivity contribution is 6.03. The lowest BCUT2D eigenvalue weighted by Crippen LogP contribution is -2.17. The molecule has 9 nitrogen and oxygen atoms in total. The molecule has 1 aliphatic heterocycles. The first-order valence-electron chi connectivity index (χ1n) is 9.44. The summed E-state index contributed by atoms with van der Waals surface area (Å²) in [5, 5.41) is 7.00. The van der Waals surface area contributed by atoms with Crippen molar-refractivity contribution < 1.29 is 14.3 Å². The lowest BCUT2D eigenvalue weighted by Gasteiger charge is -2.13. The average molecular weight is 419 g/mol. The molecule has 4 heterocycles. The molecule has 154 valence electrons. The van der Waals surface area contributed by atoms with Gasteiger partial charge in [-0.1, -0.05) is 0 Å². The zero-order chi connectivity index (χ0) is 19.4. The number of nitrogens with one attached hydrogen (secondary N) is 1. The van der Waals surface area contributed by atoms with Crippen LogP contribution in [0.15, 0.2) is 24.7 Å². The van der Waals surface area contributed by atoms with E-state index in [0.717, 1.165) is 18.9 Å². The van der Waals surface area contributed by atoms with Crippen molar-refractivity contribution in [1.82, 2.24) is 24.1 Å². The molecule has 1 N–H and O–H groups in total. The first kappa shape index (κ1) is 19.7. The highest BCUT2D eigenvalue weighted by atomic mass is 35.5. The Morgan fingerprint density at radius 2 is 2.03 bits per heavy atom. The van der Waals surface area contributed by atoms with Crippen molar-refractivity contribution in [3.05, 3.63) is 36.0 Å². The Morgan fingerprint density at radius 3 is 2.69 bits per heavy atom. The van der Waals surface area contributed by atoms with E-state index < -0.39 is 0 Å². The van der Waals surface area contributed by atoms with E-state index in [4.69, 9.17) is 14.5 Å². The number of anilines is 1. The fourth-order valence-electron chi connectivity index (χ4n) is 3.89. The van der Waals surface area contributed by atoms with Crippen molar-refractivity contribution in [2.75, 3.05) is 18.5 Å². The average Bonchev–Trinajstić information content (AvgIpc) is 3.09. The second-order valence-electron chi connectivity index (χ2n) is 7.72. The van der Waals surface area contributed by atoms with Gasteiger partial charge in [-0.2, -0.15) is 10.1 Å². The van der Waals surface area contributed by atoms with Crippen LogP contribution in [0.1, 0.15) is 35.9 Å². The summed E-state index contributed by atoms with van der Waals surface area (Å²) >= 11 is 0. The molecule has 5 rings (SSSR count). The van der Waals surface area contributed by atoms with Crippen LogP contribution in [0.2, 0.25) is 0 Å². The Morgan fingerprint density at radius 1 is 1.28 bits per heavy atom. The standard InChI is InChI=1S/C19H22N6O3.ClH/c1-10(2)28-18-15(20-17(26)13-4-5-24(3)23-13)7-25-6-14(21-19(25)22-18)16-11-8-27-9-12(11)16;/h4-7,10-12,16H,8-9H2,1-3H3,(H,20,26);1H. The number of hydrogen-bond acceptors (Lipinski definition) is 6. The molecule has 2 aliphatic rings. The van der Waals surface area contributed by atoms with E-state index in [1.54, 1.807) is 30.2 Å². The second-order valence-corrected chi connectivity index (χ2v) is 7.72. The molecular weight excluding hydrogens is 396 g/mol. The van der Waals surface area contributed by atoms with Crippen LogP contribution in [0.25, 0.3) is 5.78 Å². The zero-order valence-corrected chi connectivity index (χ0v) is 17.2. The normalized spacial score (nSPS) is 22.4. The summed E-state index contributed by atoms with van der Waals surface area (Å²) < 4.78 is 14.7. The largest absolute Gasteiger partial charge is 0.473 e. The molecule has 0 spiro atoms. The SMILES string of the molecule is CC(C)Oc1nc2nc(C3C4COCC43)cn2cc1NC(=O)c1ccn(C)n1.Cl. The summed E-state index contributed by atoms with van der Waals surface area (Å²) in [5.74, 6) is 2.18. The quantitative estimate of drug-likeness (QED) is 0.683. The Balaban J connectivity index is 0.00000205. The summed E-state index contributed by atoms with van der Waals surface area (Å²) in [6, 6.07) is 1.66. The van der Waals surface area contributed by atoms with Crippen molar-refractivity contribution in [3.63, 3.8) is 0 Å². The minimum Gasteiger partial charge on any atom is -0.473 e. The van der Waals surface area contributed by atoms with Crippen LogP contribution in [-0.4, -0.2) is 49.4 Å². The van der Waals surface area contributed by atoms with Crippen LogP contribution in [0.4, 0.5) is 5.69 Å². The molecule has 2 fully saturated rings. The number of aryl methyl sites for hydroxylation is 1. The van der Waals surface area contributed by atoms with E-state index in [-0.39, 0.29) is 24.4 Å². The van der Waals surface area contributed by atoms with Crippen molar-refractivity contribution in [3.8, 4) is 5.88 Å². The van der Waals surface area contributed by atoms with Gasteiger partial charge in [-0.15, -0.1) is 12.4 Å². The first-order valence-corrected chi connectivity index (χ1v) is 9.44. The van der Waals surface area contributed by atoms with E-state index in [2.05, 4.69) is 15.4 Å². The van der Waals surface area contributed by atoms with Crippen LogP contribution in [0, 0.1) is 11.8 Å². The van der Waals surface area contributed by atoms with E-state index in [1.807, 2.05) is 24.4 Å². The summed E-state index contributed by atoms with van der Waals surface area (Å²) in [6.07, 6.45) is 5.42. The van der Waals surface area contributed by atoms with E-state index in [0.29, 0.717) is 40.8 Å². The van der Waals surface area contributed by atoms with Gasteiger partial charge in [0.2, 0.25) is 11.7 Å². The number of carbonyl (C=O) groups is 1. The van der Waals surface area contributed by atoms with Crippen molar-refractivity contribution in [2.24, 2.45) is 18.9 Å². The predicted molar refractivity (Wildman–Crippen MR) is 108 cm³/mol. The number of nitrogens with zero attached hydrogens (tertiary/aromatic N) is 5. The molecule has 1 saturated heterocycles. The summed E-state index contributed by atoms with van der Waals surface area (Å²) in [4.78, 5) is 21.8. The van der Waals surface area contributed by atoms with Gasteiger partial charge in [0.1, 0.15) is 5.69 Å². The molecule has 2 atom stereocenters. The molecule has 3 aromatic rings. The highest BCUT2D eigenvalue weighted by Gasteiger charge is 2.55. The Hall–Kier alpha value is -2.65. The molecule has 0 radical (unpaired) electrons. The summed E-state index contributed by atoms with van der Waals surface area (Å²) in [5.41, 5.74) is 1.84. The number of hydrogen-bond donors (Lipinski definition) is 1. The van der Waals surface area contributed by atoms with Crippen molar-refractivity contribution in [2.45, 2.75) is 25.9 Å². The number of fused-ring (bicyclic) bond motifs is 2. The van der Waals surface area contributed by atoms with Gasteiger partial charge in [-0.05, 0) is 31.7 Å². The maximum atomic E-state index is 12.5. The molecule has 0 bridgehead atoms. The minimum atomic E-state index is -0.315. The van der Waals surface area contributed by atoms with E-state index in [1.165, 1.54) is 0 Å². The lowest BCUT2D eigenvalue weighted by atomic mass is 10.2. The Kier molecular flexibility index (Phi) is 4.95. The third kappa shape index (κ3) is 3.56. The molecule has 3 aromatic heterocycles. The van der Waals surface area contributed by atoms with Crippen LogP contribution >= 0.6 is 12.4 Å². The number of aromatic nitrogens is 5. The molecule has 1 amide bonds. The van der Waals surface area contributed by atoms with Crippen LogP contribution < -0.4 is 10.1 Å². The van der Waals surface area contributed by atoms with E-state index in [9.17, 15) is 4.79 Å². The molecule has 1 saturated carbocycles. The number of imidazole rings is 1. The van der Waals surface area contributed by atoms with Gasteiger partial charge in [-0.25, -0.2) is 4.98 Å². The fourth-order valence-corrected chi connectivity index (χ4v) is 3.89. The van der Waals surface area contributed by atoms with Crippen molar-refractivity contribution in [1.29, 1.82) is 0 Å². The topological polar surface area (TPSA) is 95.6 Å². The first-order chi connectivity index (χ1) is 13.5. The van der Waals surface area contributed by atoms with Crippen LogP contribution in [0.5, 0.6) is 5.88 Å². The van der Waals surface area contributed by atoms with Gasteiger partial charge in [0.05, 0.1) is 25.0 Å². The Bertz CT molecular complexity index is 1050. The van der Waals surface area contributed by atoms with Gasteiger partial charge in [0.15, 0.2) is 5.69 Å². The maximum Gasteiger partial charge on any atom is 0.276 e. The smallest absolute Gasteiger partial charge is 0.276 e. The summed E-state index contributed by atoms with van der Waals surface area (Å²) in [6.45, 7) is 5.45. The predicted octanol–water partition coefficient (Wildman–Crippen LogP) is 2.28. The van der Waals surface area contributed by atoms with Gasteiger partial charge < -0.3 is 14.8 Å². The fraction of sp³-hybridized carbons (Fsp3) is 0.474. The number of carbonyl (C=O) groups excluding carboxylic acids is 1. The van der Waals surface area contributed by atoms with Crippen LogP contribution in [-0.2, 0) is 11.8 Å². The molecule has 2 unspecified atom stereocenters. The molecule has 1 aliphatic carbocycles. The minimum absolute atomic E-state index is 0. The van der Waals surface area contributed by atoms with Gasteiger partial charge in [0.25, 0.3) is 5.91 Å². The zero-order valence-electron chi connectivity index (χ0n) is 16.4.